The fourth-order valence-corrected chi connectivity index (χ4v) is 4.33. The fraction of sp³-hybridized carbons (Fsp3) is 0.882. The van der Waals surface area contributed by atoms with Crippen LogP contribution >= 0.6 is 12.4 Å². The zero-order valence-electron chi connectivity index (χ0n) is 14.1. The third kappa shape index (κ3) is 4.18. The summed E-state index contributed by atoms with van der Waals surface area (Å²) in [5.74, 6) is 2.01. The van der Waals surface area contributed by atoms with Gasteiger partial charge in [0, 0.05) is 32.6 Å². The van der Waals surface area contributed by atoms with Gasteiger partial charge in [-0.05, 0) is 50.6 Å². The molecule has 3 heterocycles. The molecule has 3 saturated heterocycles. The zero-order valence-corrected chi connectivity index (χ0v) is 14.9. The van der Waals surface area contributed by atoms with Gasteiger partial charge in [-0.1, -0.05) is 6.92 Å². The lowest BCUT2D eigenvalue weighted by Crippen LogP contribution is -2.47. The Morgan fingerprint density at radius 3 is 2.26 bits per heavy atom. The standard InChI is InChI=1S/C17H29N3O2.ClH/c1-2-16(21)20-7-3-4-15(12-20)17(22)19-8-5-13-10-18-11-14(13)6-9-19;/h13-15,18H,2-12H2,1H3;1H/t13-,14+,15?;. The lowest BCUT2D eigenvalue weighted by Gasteiger charge is -2.34. The molecular formula is C17H30ClN3O2. The van der Waals surface area contributed by atoms with Crippen LogP contribution in [0.15, 0.2) is 0 Å². The summed E-state index contributed by atoms with van der Waals surface area (Å²) in [6.07, 6.45) is 4.71. The van der Waals surface area contributed by atoms with E-state index in [1.807, 2.05) is 11.8 Å². The minimum atomic E-state index is 0. The molecule has 3 fully saturated rings. The first-order valence-corrected chi connectivity index (χ1v) is 8.96. The smallest absolute Gasteiger partial charge is 0.227 e. The molecule has 3 rings (SSSR count). The van der Waals surface area contributed by atoms with Crippen molar-refractivity contribution in [3.63, 3.8) is 0 Å². The summed E-state index contributed by atoms with van der Waals surface area (Å²) in [5, 5.41) is 3.48. The van der Waals surface area contributed by atoms with Gasteiger partial charge in [-0.15, -0.1) is 12.4 Å². The van der Waals surface area contributed by atoms with Crippen molar-refractivity contribution >= 4 is 24.2 Å². The van der Waals surface area contributed by atoms with E-state index < -0.39 is 0 Å². The molecule has 1 unspecified atom stereocenters. The molecule has 6 heteroatoms. The highest BCUT2D eigenvalue weighted by molar-refractivity contribution is 5.85. The molecule has 3 aliphatic rings. The van der Waals surface area contributed by atoms with Crippen LogP contribution in [0, 0.1) is 17.8 Å². The molecule has 0 aromatic carbocycles. The summed E-state index contributed by atoms with van der Waals surface area (Å²) in [5.41, 5.74) is 0. The molecule has 3 aliphatic heterocycles. The summed E-state index contributed by atoms with van der Waals surface area (Å²) in [4.78, 5) is 28.7. The fourth-order valence-electron chi connectivity index (χ4n) is 4.33. The minimum absolute atomic E-state index is 0. The molecule has 0 spiro atoms. The van der Waals surface area contributed by atoms with E-state index >= 15 is 0 Å². The number of likely N-dealkylation sites (tertiary alicyclic amines) is 2. The maximum atomic E-state index is 12.9. The van der Waals surface area contributed by atoms with Crippen LogP contribution < -0.4 is 5.32 Å². The topological polar surface area (TPSA) is 52.7 Å². The number of carbonyl (C=O) groups is 2. The van der Waals surface area contributed by atoms with Crippen LogP contribution in [-0.4, -0.2) is 60.9 Å². The quantitative estimate of drug-likeness (QED) is 0.827. The van der Waals surface area contributed by atoms with Crippen LogP contribution in [0.2, 0.25) is 0 Å². The van der Waals surface area contributed by atoms with Crippen LogP contribution in [0.25, 0.3) is 0 Å². The van der Waals surface area contributed by atoms with Crippen molar-refractivity contribution < 1.29 is 9.59 Å². The molecule has 132 valence electrons. The summed E-state index contributed by atoms with van der Waals surface area (Å²) in [6, 6.07) is 0. The first-order valence-electron chi connectivity index (χ1n) is 8.96. The second-order valence-electron chi connectivity index (χ2n) is 7.11. The van der Waals surface area contributed by atoms with E-state index in [0.29, 0.717) is 18.9 Å². The third-order valence-corrected chi connectivity index (χ3v) is 5.76. The SMILES string of the molecule is CCC(=O)N1CCCC(C(=O)N2CC[C@@H]3CNC[C@@H]3CC2)C1.Cl. The van der Waals surface area contributed by atoms with Gasteiger partial charge in [-0.2, -0.15) is 0 Å². The predicted octanol–water partition coefficient (Wildman–Crippen LogP) is 1.51. The van der Waals surface area contributed by atoms with Crippen molar-refractivity contribution in [3.8, 4) is 0 Å². The average Bonchev–Trinajstić information content (AvgIpc) is 2.92. The number of amides is 2. The molecule has 2 amide bonds. The van der Waals surface area contributed by atoms with Crippen molar-refractivity contribution in [2.45, 2.75) is 39.0 Å². The van der Waals surface area contributed by atoms with Crippen molar-refractivity contribution in [2.24, 2.45) is 17.8 Å². The number of hydrogen-bond donors (Lipinski definition) is 1. The van der Waals surface area contributed by atoms with E-state index in [9.17, 15) is 9.59 Å². The van der Waals surface area contributed by atoms with Gasteiger partial charge < -0.3 is 15.1 Å². The van der Waals surface area contributed by atoms with Gasteiger partial charge in [0.25, 0.3) is 0 Å². The molecular weight excluding hydrogens is 314 g/mol. The highest BCUT2D eigenvalue weighted by atomic mass is 35.5. The summed E-state index contributed by atoms with van der Waals surface area (Å²) < 4.78 is 0. The molecule has 3 atom stereocenters. The molecule has 0 aromatic rings. The van der Waals surface area contributed by atoms with Gasteiger partial charge in [-0.3, -0.25) is 9.59 Å². The van der Waals surface area contributed by atoms with E-state index in [1.165, 1.54) is 0 Å². The van der Waals surface area contributed by atoms with E-state index in [4.69, 9.17) is 0 Å². The van der Waals surface area contributed by atoms with E-state index in [1.54, 1.807) is 0 Å². The molecule has 0 saturated carbocycles. The van der Waals surface area contributed by atoms with E-state index in [2.05, 4.69) is 10.2 Å². The minimum Gasteiger partial charge on any atom is -0.342 e. The highest BCUT2D eigenvalue weighted by Crippen LogP contribution is 2.28. The Bertz CT molecular complexity index is 418. The van der Waals surface area contributed by atoms with Gasteiger partial charge in [0.05, 0.1) is 5.92 Å². The largest absolute Gasteiger partial charge is 0.342 e. The second kappa shape index (κ2) is 8.34. The van der Waals surface area contributed by atoms with E-state index in [0.717, 1.165) is 70.2 Å². The summed E-state index contributed by atoms with van der Waals surface area (Å²) in [7, 11) is 0. The van der Waals surface area contributed by atoms with Crippen LogP contribution in [-0.2, 0) is 9.59 Å². The normalized spacial score (nSPS) is 31.1. The zero-order chi connectivity index (χ0) is 15.5. The lowest BCUT2D eigenvalue weighted by molar-refractivity contribution is -0.140. The highest BCUT2D eigenvalue weighted by Gasteiger charge is 2.35. The Labute approximate surface area is 145 Å². The average molecular weight is 344 g/mol. The molecule has 0 radical (unpaired) electrons. The number of hydrogen-bond acceptors (Lipinski definition) is 3. The van der Waals surface area contributed by atoms with Crippen molar-refractivity contribution in [1.29, 1.82) is 0 Å². The predicted molar refractivity (Wildman–Crippen MR) is 92.5 cm³/mol. The molecule has 1 N–H and O–H groups in total. The van der Waals surface area contributed by atoms with Crippen molar-refractivity contribution in [1.82, 2.24) is 15.1 Å². The third-order valence-electron chi connectivity index (χ3n) is 5.76. The monoisotopic (exact) mass is 343 g/mol. The summed E-state index contributed by atoms with van der Waals surface area (Å²) in [6.45, 7) is 7.40. The van der Waals surface area contributed by atoms with Crippen LogP contribution in [0.1, 0.15) is 39.0 Å². The lowest BCUT2D eigenvalue weighted by atomic mass is 9.92. The Balaban J connectivity index is 0.00000192. The number of fused-ring (bicyclic) bond motifs is 1. The van der Waals surface area contributed by atoms with Crippen LogP contribution in [0.4, 0.5) is 0 Å². The molecule has 0 aliphatic carbocycles. The maximum Gasteiger partial charge on any atom is 0.227 e. The number of halogens is 1. The first-order chi connectivity index (χ1) is 10.7. The van der Waals surface area contributed by atoms with Gasteiger partial charge in [0.1, 0.15) is 0 Å². The number of piperidine rings is 1. The second-order valence-corrected chi connectivity index (χ2v) is 7.11. The molecule has 23 heavy (non-hydrogen) atoms. The maximum absolute atomic E-state index is 12.9. The molecule has 0 bridgehead atoms. The molecule has 0 aromatic heterocycles. The Hall–Kier alpha value is -0.810. The van der Waals surface area contributed by atoms with Crippen molar-refractivity contribution in [3.05, 3.63) is 0 Å². The van der Waals surface area contributed by atoms with E-state index in [-0.39, 0.29) is 24.2 Å². The van der Waals surface area contributed by atoms with Crippen LogP contribution in [0.5, 0.6) is 0 Å². The number of rotatable bonds is 2. The van der Waals surface area contributed by atoms with Gasteiger partial charge >= 0.3 is 0 Å². The Morgan fingerprint density at radius 2 is 1.65 bits per heavy atom. The van der Waals surface area contributed by atoms with Gasteiger partial charge in [0.15, 0.2) is 0 Å². The number of nitrogens with one attached hydrogen (secondary N) is 1. The van der Waals surface area contributed by atoms with Crippen LogP contribution in [0.3, 0.4) is 0 Å². The number of nitrogens with zero attached hydrogens (tertiary/aromatic N) is 2. The molecule has 5 nitrogen and oxygen atoms in total. The Kier molecular flexibility index (Phi) is 6.72. The Morgan fingerprint density at radius 1 is 1.00 bits per heavy atom. The number of carbonyl (C=O) groups excluding carboxylic acids is 2. The first kappa shape index (κ1) is 18.5. The van der Waals surface area contributed by atoms with Gasteiger partial charge in [0.2, 0.25) is 11.8 Å². The summed E-state index contributed by atoms with van der Waals surface area (Å²) >= 11 is 0. The van der Waals surface area contributed by atoms with Gasteiger partial charge in [-0.25, -0.2) is 0 Å². The van der Waals surface area contributed by atoms with Crippen molar-refractivity contribution in [2.75, 3.05) is 39.3 Å².